The number of aryl methyl sites for hydroxylation is 1. The second-order valence-corrected chi connectivity index (χ2v) is 11.4. The van der Waals surface area contributed by atoms with Crippen LogP contribution in [0.2, 0.25) is 0 Å². The molecular weight excluding hydrogens is 510 g/mol. The number of nitrogens with one attached hydrogen (secondary N) is 1. The van der Waals surface area contributed by atoms with E-state index in [-0.39, 0.29) is 10.8 Å². The highest BCUT2D eigenvalue weighted by molar-refractivity contribution is 7.89. The van der Waals surface area contributed by atoms with Crippen molar-refractivity contribution in [2.24, 2.45) is 0 Å². The van der Waals surface area contributed by atoms with Gasteiger partial charge in [-0.2, -0.15) is 14.1 Å². The topological polar surface area (TPSA) is 106 Å². The van der Waals surface area contributed by atoms with Crippen LogP contribution in [0.25, 0.3) is 16.4 Å². The van der Waals surface area contributed by atoms with Gasteiger partial charge in [0.1, 0.15) is 11.6 Å². The van der Waals surface area contributed by atoms with Crippen LogP contribution in [0.1, 0.15) is 35.8 Å². The lowest BCUT2D eigenvalue weighted by Crippen LogP contribution is -2.27. The van der Waals surface area contributed by atoms with Gasteiger partial charge in [0.05, 0.1) is 22.9 Å². The molecule has 0 aliphatic carbocycles. The van der Waals surface area contributed by atoms with E-state index in [0.29, 0.717) is 36.2 Å². The Bertz CT molecular complexity index is 1500. The number of thiazole rings is 1. The Balaban J connectivity index is 1.33. The van der Waals surface area contributed by atoms with Gasteiger partial charge in [-0.25, -0.2) is 13.4 Å². The maximum atomic E-state index is 13.0. The van der Waals surface area contributed by atoms with E-state index in [0.717, 1.165) is 35.5 Å². The molecule has 2 aromatic heterocycles. The van der Waals surface area contributed by atoms with Crippen molar-refractivity contribution >= 4 is 33.1 Å². The zero-order chi connectivity index (χ0) is 26.0. The Morgan fingerprint density at radius 2 is 1.78 bits per heavy atom. The van der Waals surface area contributed by atoms with Gasteiger partial charge in [-0.1, -0.05) is 0 Å². The van der Waals surface area contributed by atoms with E-state index in [1.807, 2.05) is 43.5 Å². The molecule has 0 radical (unpaired) electrons. The smallest absolute Gasteiger partial charge is 0.256 e. The lowest BCUT2D eigenvalue weighted by Gasteiger charge is -2.15. The van der Waals surface area contributed by atoms with Crippen molar-refractivity contribution < 1.29 is 17.9 Å². The number of sulfonamides is 1. The minimum atomic E-state index is -3.53. The second kappa shape index (κ2) is 10.4. The maximum Gasteiger partial charge on any atom is 0.256 e. The fourth-order valence-electron chi connectivity index (χ4n) is 4.16. The summed E-state index contributed by atoms with van der Waals surface area (Å²) in [6.07, 6.45) is 1.74. The van der Waals surface area contributed by atoms with Gasteiger partial charge in [-0.3, -0.25) is 4.79 Å². The average Bonchev–Trinajstić information content (AvgIpc) is 3.66. The first-order chi connectivity index (χ1) is 17.8. The van der Waals surface area contributed by atoms with E-state index in [1.165, 1.54) is 39.9 Å². The molecular formula is C26H27N5O4S2. The molecule has 0 unspecified atom stereocenters. The Kier molecular flexibility index (Phi) is 7.09. The van der Waals surface area contributed by atoms with Crippen LogP contribution in [-0.2, 0) is 10.0 Å². The summed E-state index contributed by atoms with van der Waals surface area (Å²) in [4.78, 5) is 17.9. The molecule has 0 saturated carbocycles. The molecule has 1 fully saturated rings. The normalized spacial score (nSPS) is 14.1. The van der Waals surface area contributed by atoms with E-state index in [1.54, 1.807) is 10.7 Å². The van der Waals surface area contributed by atoms with Gasteiger partial charge >= 0.3 is 0 Å². The van der Waals surface area contributed by atoms with Crippen molar-refractivity contribution in [3.63, 3.8) is 0 Å². The van der Waals surface area contributed by atoms with E-state index in [9.17, 15) is 13.2 Å². The van der Waals surface area contributed by atoms with E-state index in [4.69, 9.17) is 9.72 Å². The number of anilines is 1. The minimum absolute atomic E-state index is 0.191. The highest BCUT2D eigenvalue weighted by atomic mass is 32.2. The fraction of sp³-hybridized carbons (Fsp3) is 0.269. The fourth-order valence-corrected chi connectivity index (χ4v) is 6.47. The second-order valence-electron chi connectivity index (χ2n) is 8.65. The van der Waals surface area contributed by atoms with Crippen LogP contribution < -0.4 is 10.1 Å². The standard InChI is InChI=1S/C26H27N5O4S2/c1-3-35-21-10-6-19(7-11-21)23-17-36-26(27-23)31-24(16-18(2)29-31)28-25(32)20-8-12-22(13-9-20)37(33,34)30-14-4-5-15-30/h6-13,16-17H,3-5,14-15H2,1-2H3,(H,28,32). The monoisotopic (exact) mass is 537 g/mol. The van der Waals surface area contributed by atoms with E-state index in [2.05, 4.69) is 10.4 Å². The number of hydrogen-bond donors (Lipinski definition) is 1. The summed E-state index contributed by atoms with van der Waals surface area (Å²) < 4.78 is 34.1. The number of carbonyl (C=O) groups is 1. The molecule has 1 amide bonds. The van der Waals surface area contributed by atoms with Gasteiger partial charge in [0, 0.05) is 35.7 Å². The molecule has 0 bridgehead atoms. The first-order valence-corrected chi connectivity index (χ1v) is 14.3. The van der Waals surface area contributed by atoms with E-state index >= 15 is 0 Å². The number of ether oxygens (including phenoxy) is 1. The van der Waals surface area contributed by atoms with Crippen LogP contribution in [0, 0.1) is 6.92 Å². The number of hydrogen-bond acceptors (Lipinski definition) is 7. The first kappa shape index (κ1) is 25.1. The molecule has 1 N–H and O–H groups in total. The van der Waals surface area contributed by atoms with Crippen LogP contribution in [0.4, 0.5) is 5.82 Å². The Labute approximate surface area is 219 Å². The minimum Gasteiger partial charge on any atom is -0.494 e. The van der Waals surface area contributed by atoms with Crippen LogP contribution in [0.5, 0.6) is 5.75 Å². The number of aromatic nitrogens is 3. The van der Waals surface area contributed by atoms with Gasteiger partial charge < -0.3 is 10.1 Å². The molecule has 9 nitrogen and oxygen atoms in total. The van der Waals surface area contributed by atoms with Gasteiger partial charge in [-0.15, -0.1) is 11.3 Å². The van der Waals surface area contributed by atoms with Crippen LogP contribution >= 0.6 is 11.3 Å². The van der Waals surface area contributed by atoms with Crippen LogP contribution in [-0.4, -0.2) is 53.1 Å². The Hall–Kier alpha value is -3.54. The Morgan fingerprint density at radius 3 is 2.46 bits per heavy atom. The predicted molar refractivity (Wildman–Crippen MR) is 143 cm³/mol. The summed E-state index contributed by atoms with van der Waals surface area (Å²) in [7, 11) is -3.53. The zero-order valence-electron chi connectivity index (χ0n) is 20.5. The molecule has 5 rings (SSSR count). The lowest BCUT2D eigenvalue weighted by molar-refractivity contribution is 0.102. The Morgan fingerprint density at radius 1 is 1.08 bits per heavy atom. The molecule has 4 aromatic rings. The molecule has 11 heteroatoms. The van der Waals surface area contributed by atoms with Crippen molar-refractivity contribution in [3.05, 3.63) is 71.2 Å². The van der Waals surface area contributed by atoms with Crippen LogP contribution in [0.15, 0.2) is 64.9 Å². The van der Waals surface area contributed by atoms with Crippen molar-refractivity contribution in [1.29, 1.82) is 0 Å². The van der Waals surface area contributed by atoms with Gasteiger partial charge in [-0.05, 0) is 75.2 Å². The molecule has 192 valence electrons. The zero-order valence-corrected chi connectivity index (χ0v) is 22.2. The third kappa shape index (κ3) is 5.29. The SMILES string of the molecule is CCOc1ccc(-c2csc(-n3nc(C)cc3NC(=O)c3ccc(S(=O)(=O)N4CCCC4)cc3)n2)cc1. The van der Waals surface area contributed by atoms with Crippen LogP contribution in [0.3, 0.4) is 0 Å². The number of amides is 1. The van der Waals surface area contributed by atoms with Gasteiger partial charge in [0.15, 0.2) is 0 Å². The first-order valence-electron chi connectivity index (χ1n) is 12.0. The summed E-state index contributed by atoms with van der Waals surface area (Å²) in [5.74, 6) is 0.912. The predicted octanol–water partition coefficient (Wildman–Crippen LogP) is 4.74. The molecule has 1 aliphatic rings. The highest BCUT2D eigenvalue weighted by Gasteiger charge is 2.27. The number of rotatable bonds is 8. The molecule has 0 spiro atoms. The van der Waals surface area contributed by atoms with E-state index < -0.39 is 10.0 Å². The quantitative estimate of drug-likeness (QED) is 0.348. The van der Waals surface area contributed by atoms with Gasteiger partial charge in [0.25, 0.3) is 5.91 Å². The molecule has 0 atom stereocenters. The largest absolute Gasteiger partial charge is 0.494 e. The molecule has 1 saturated heterocycles. The highest BCUT2D eigenvalue weighted by Crippen LogP contribution is 2.28. The molecule has 1 aliphatic heterocycles. The summed E-state index contributed by atoms with van der Waals surface area (Å²) >= 11 is 1.41. The molecule has 37 heavy (non-hydrogen) atoms. The number of benzene rings is 2. The average molecular weight is 538 g/mol. The number of carbonyl (C=O) groups excluding carboxylic acids is 1. The summed E-state index contributed by atoms with van der Waals surface area (Å²) in [5.41, 5.74) is 2.81. The van der Waals surface area contributed by atoms with Crippen molar-refractivity contribution in [3.8, 4) is 22.1 Å². The molecule has 3 heterocycles. The molecule has 2 aromatic carbocycles. The summed E-state index contributed by atoms with van der Waals surface area (Å²) in [5, 5.41) is 9.94. The van der Waals surface area contributed by atoms with Crippen molar-refractivity contribution in [2.45, 2.75) is 31.6 Å². The van der Waals surface area contributed by atoms with Crippen molar-refractivity contribution in [1.82, 2.24) is 19.1 Å². The summed E-state index contributed by atoms with van der Waals surface area (Å²) in [6.45, 7) is 5.45. The third-order valence-corrected chi connectivity index (χ3v) is 8.76. The summed E-state index contributed by atoms with van der Waals surface area (Å²) in [6, 6.07) is 15.5. The third-order valence-electron chi connectivity index (χ3n) is 6.03. The lowest BCUT2D eigenvalue weighted by atomic mass is 10.2. The van der Waals surface area contributed by atoms with Crippen molar-refractivity contribution in [2.75, 3.05) is 25.0 Å². The van der Waals surface area contributed by atoms with Gasteiger partial charge in [0.2, 0.25) is 15.2 Å². The maximum absolute atomic E-state index is 13.0. The number of nitrogens with zero attached hydrogens (tertiary/aromatic N) is 4.